The Balaban J connectivity index is 5.26. The highest BCUT2D eigenvalue weighted by atomic mass is 14.8. The fourth-order valence-electron chi connectivity index (χ4n) is 0.503. The molecule has 0 aromatic heterocycles. The van der Waals surface area contributed by atoms with Crippen LogP contribution >= 0.6 is 0 Å². The molecule has 0 aromatic carbocycles. The molecule has 0 heterocycles. The van der Waals surface area contributed by atoms with E-state index in [0.717, 1.165) is 0 Å². The van der Waals surface area contributed by atoms with E-state index in [1.807, 2.05) is 41.5 Å². The zero-order valence-electron chi connectivity index (χ0n) is 11.4. The van der Waals surface area contributed by atoms with E-state index in [2.05, 4.69) is 4.99 Å². The molecule has 0 amide bonds. The van der Waals surface area contributed by atoms with Gasteiger partial charge >= 0.3 is 0 Å². The van der Waals surface area contributed by atoms with Crippen LogP contribution < -0.4 is 0 Å². The van der Waals surface area contributed by atoms with Crippen LogP contribution in [0.4, 0.5) is 0 Å². The van der Waals surface area contributed by atoms with Crippen molar-refractivity contribution in [1.29, 1.82) is 0 Å². The van der Waals surface area contributed by atoms with E-state index < -0.39 is 12.3 Å². The van der Waals surface area contributed by atoms with E-state index in [4.69, 9.17) is 4.11 Å². The van der Waals surface area contributed by atoms with Crippen molar-refractivity contribution in [3.05, 3.63) is 0 Å². The predicted molar refractivity (Wildman–Crippen MR) is 52.3 cm³/mol. The second kappa shape index (κ2) is 2.96. The highest BCUT2D eigenvalue weighted by Crippen LogP contribution is 2.19. The van der Waals surface area contributed by atoms with Gasteiger partial charge < -0.3 is 0 Å². The first kappa shape index (κ1) is 6.22. The number of aliphatic imine (C=N–C) groups is 1. The molecule has 0 aliphatic heterocycles. The molecule has 0 fully saturated rings. The van der Waals surface area contributed by atoms with Crippen LogP contribution in [0.15, 0.2) is 4.99 Å². The lowest BCUT2D eigenvalue weighted by Crippen LogP contribution is -2.22. The summed E-state index contributed by atoms with van der Waals surface area (Å²) in [4.78, 5) is 4.31. The van der Waals surface area contributed by atoms with Gasteiger partial charge in [0.25, 0.3) is 0 Å². The first-order valence-electron chi connectivity index (χ1n) is 5.45. The average molecular weight is 158 g/mol. The molecule has 11 heavy (non-hydrogen) atoms. The van der Waals surface area contributed by atoms with Gasteiger partial charge in [0.2, 0.25) is 0 Å². The summed E-state index contributed by atoms with van der Waals surface area (Å²) in [6, 6.07) is 0. The van der Waals surface area contributed by atoms with E-state index in [-0.39, 0.29) is 5.54 Å². The van der Waals surface area contributed by atoms with Gasteiger partial charge in [0.15, 0.2) is 0 Å². The molecule has 0 aliphatic rings. The summed E-state index contributed by atoms with van der Waals surface area (Å²) in [7, 11) is 0. The van der Waals surface area contributed by atoms with E-state index in [1.165, 1.54) is 0 Å². The van der Waals surface area contributed by atoms with Crippen LogP contribution in [0.1, 0.15) is 52.5 Å². The number of hydrogen-bond acceptors (Lipinski definition) is 1. The van der Waals surface area contributed by atoms with Crippen molar-refractivity contribution in [2.24, 2.45) is 10.4 Å². The second-order valence-electron chi connectivity index (χ2n) is 4.88. The largest absolute Gasteiger partial charge is 0.288 e. The Morgan fingerprint density at radius 1 is 1.09 bits per heavy atom. The average Bonchev–Trinajstić information content (AvgIpc) is 1.75. The molecule has 0 N–H and O–H groups in total. The van der Waals surface area contributed by atoms with Crippen molar-refractivity contribution in [2.75, 3.05) is 0 Å². The molecule has 0 unspecified atom stereocenters. The van der Waals surface area contributed by atoms with Crippen molar-refractivity contribution < 1.29 is 4.11 Å². The molecule has 66 valence electrons. The maximum Gasteiger partial charge on any atom is 0.0523 e. The zero-order valence-corrected chi connectivity index (χ0v) is 8.45. The van der Waals surface area contributed by atoms with Gasteiger partial charge in [-0.05, 0) is 33.0 Å². The molecule has 0 saturated heterocycles. The lowest BCUT2D eigenvalue weighted by molar-refractivity contribution is 0.538. The monoisotopic (exact) mass is 158 g/mol. The van der Waals surface area contributed by atoms with E-state index in [0.29, 0.717) is 5.71 Å². The Morgan fingerprint density at radius 2 is 1.55 bits per heavy atom. The SMILES string of the molecule is [2H]C([2H])([2H])C(=NC(C)(C)C)C(C)(C)C. The smallest absolute Gasteiger partial charge is 0.0523 e. The Bertz CT molecular complexity index is 209. The lowest BCUT2D eigenvalue weighted by Gasteiger charge is -2.22. The first-order chi connectivity index (χ1) is 5.84. The molecule has 0 aromatic rings. The maximum absolute atomic E-state index is 7.43. The normalized spacial score (nSPS) is 20.5. The van der Waals surface area contributed by atoms with Crippen molar-refractivity contribution in [3.8, 4) is 0 Å². The van der Waals surface area contributed by atoms with Crippen LogP contribution in [0.25, 0.3) is 0 Å². The minimum absolute atomic E-state index is 0.303. The Labute approximate surface area is 75.1 Å². The van der Waals surface area contributed by atoms with Crippen LogP contribution in [0.3, 0.4) is 0 Å². The summed E-state index contributed by atoms with van der Waals surface area (Å²) >= 11 is 0. The molecule has 0 radical (unpaired) electrons. The topological polar surface area (TPSA) is 12.4 Å². The van der Waals surface area contributed by atoms with Crippen LogP contribution in [0.2, 0.25) is 0 Å². The van der Waals surface area contributed by atoms with Crippen molar-refractivity contribution in [3.63, 3.8) is 0 Å². The van der Waals surface area contributed by atoms with E-state index in [9.17, 15) is 0 Å². The van der Waals surface area contributed by atoms with Gasteiger partial charge in [-0.3, -0.25) is 4.99 Å². The summed E-state index contributed by atoms with van der Waals surface area (Å²) in [5, 5.41) is 0. The quantitative estimate of drug-likeness (QED) is 0.480. The summed E-state index contributed by atoms with van der Waals surface area (Å²) in [6.45, 7) is 9.27. The van der Waals surface area contributed by atoms with Crippen LogP contribution in [-0.2, 0) is 0 Å². The molecule has 0 rings (SSSR count). The van der Waals surface area contributed by atoms with E-state index >= 15 is 0 Å². The molecule has 0 spiro atoms. The molecule has 0 bridgehead atoms. The Hall–Kier alpha value is -0.330. The third-order valence-electron chi connectivity index (χ3n) is 1.16. The van der Waals surface area contributed by atoms with Gasteiger partial charge in [0, 0.05) is 9.82 Å². The van der Waals surface area contributed by atoms with Gasteiger partial charge in [0.05, 0.1) is 5.54 Å². The number of hydrogen-bond donors (Lipinski definition) is 0. The van der Waals surface area contributed by atoms with E-state index in [1.54, 1.807) is 0 Å². The summed E-state index contributed by atoms with van der Waals surface area (Å²) in [6.07, 6.45) is 0. The summed E-state index contributed by atoms with van der Waals surface area (Å²) < 4.78 is 22.3. The molecular formula is C10H21N. The molecular weight excluding hydrogens is 134 g/mol. The third-order valence-corrected chi connectivity index (χ3v) is 1.16. The lowest BCUT2D eigenvalue weighted by atomic mass is 9.90. The highest BCUT2D eigenvalue weighted by Gasteiger charge is 2.17. The van der Waals surface area contributed by atoms with Crippen LogP contribution in [-0.4, -0.2) is 11.3 Å². The maximum atomic E-state index is 7.43. The standard InChI is InChI=1S/C10H21N/c1-8(9(2,3)4)11-10(5,6)7/h1-7H3/i1D3. The van der Waals surface area contributed by atoms with Gasteiger partial charge in [-0.15, -0.1) is 0 Å². The van der Waals surface area contributed by atoms with Gasteiger partial charge in [-0.1, -0.05) is 20.8 Å². The number of rotatable bonds is 0. The van der Waals surface area contributed by atoms with Crippen molar-refractivity contribution >= 4 is 5.71 Å². The van der Waals surface area contributed by atoms with Crippen LogP contribution in [0.5, 0.6) is 0 Å². The minimum Gasteiger partial charge on any atom is -0.288 e. The van der Waals surface area contributed by atoms with Crippen molar-refractivity contribution in [1.82, 2.24) is 0 Å². The van der Waals surface area contributed by atoms with Crippen molar-refractivity contribution in [2.45, 2.75) is 53.9 Å². The molecule has 1 heteroatoms. The predicted octanol–water partition coefficient (Wildman–Crippen LogP) is 3.29. The summed E-state index contributed by atoms with van der Waals surface area (Å²) in [5.74, 6) is 0. The fourth-order valence-corrected chi connectivity index (χ4v) is 0.503. The fraction of sp³-hybridized carbons (Fsp3) is 0.900. The molecule has 0 aliphatic carbocycles. The molecule has 0 saturated carbocycles. The second-order valence-corrected chi connectivity index (χ2v) is 4.88. The Morgan fingerprint density at radius 3 is 1.64 bits per heavy atom. The third kappa shape index (κ3) is 5.00. The number of nitrogens with zero attached hydrogens (tertiary/aromatic N) is 1. The van der Waals surface area contributed by atoms with Gasteiger partial charge in [0.1, 0.15) is 0 Å². The molecule has 0 atom stereocenters. The molecule has 1 nitrogen and oxygen atoms in total. The van der Waals surface area contributed by atoms with Gasteiger partial charge in [-0.2, -0.15) is 0 Å². The zero-order chi connectivity index (χ0) is 11.8. The first-order valence-corrected chi connectivity index (χ1v) is 3.95. The van der Waals surface area contributed by atoms with Crippen LogP contribution in [0, 0.1) is 5.41 Å². The Kier molecular flexibility index (Phi) is 1.67. The minimum atomic E-state index is -2.09. The highest BCUT2D eigenvalue weighted by molar-refractivity contribution is 5.87. The summed E-state index contributed by atoms with van der Waals surface area (Å²) in [5.41, 5.74) is -0.437. The van der Waals surface area contributed by atoms with Gasteiger partial charge in [-0.25, -0.2) is 0 Å².